The van der Waals surface area contributed by atoms with Crippen LogP contribution in [-0.2, 0) is 24.0 Å². The average molecular weight is 277 g/mol. The molecule has 0 fully saturated rings. The van der Waals surface area contributed by atoms with Gasteiger partial charge >= 0.3 is 10.4 Å². The third-order valence-corrected chi connectivity index (χ3v) is 3.69. The van der Waals surface area contributed by atoms with E-state index in [9.17, 15) is 13.5 Å². The fourth-order valence-corrected chi connectivity index (χ4v) is 2.31. The van der Waals surface area contributed by atoms with Gasteiger partial charge in [-0.2, -0.15) is 12.0 Å². The maximum absolute atomic E-state index is 10.9. The lowest BCUT2D eigenvalue weighted by molar-refractivity contribution is 0.343. The second-order valence-corrected chi connectivity index (χ2v) is 5.05. The van der Waals surface area contributed by atoms with Gasteiger partial charge < -0.3 is 5.11 Å². The van der Waals surface area contributed by atoms with Crippen LogP contribution >= 0.6 is 12.0 Å². The highest BCUT2D eigenvalue weighted by Gasteiger charge is 2.12. The van der Waals surface area contributed by atoms with Crippen molar-refractivity contribution in [2.45, 2.75) is 5.75 Å². The van der Waals surface area contributed by atoms with Crippen molar-refractivity contribution in [3.8, 4) is 5.75 Å². The molecule has 0 aliphatic heterocycles. The van der Waals surface area contributed by atoms with Crippen molar-refractivity contribution >= 4 is 28.5 Å². The first kappa shape index (κ1) is 14.0. The third kappa shape index (κ3) is 4.00. The topological polar surface area (TPSA) is 85.7 Å². The minimum absolute atomic E-state index is 0.0479. The van der Waals surface area contributed by atoms with Gasteiger partial charge in [0.1, 0.15) is 5.75 Å². The maximum atomic E-state index is 10.9. The highest BCUT2D eigenvalue weighted by Crippen LogP contribution is 2.26. The lowest BCUT2D eigenvalue weighted by atomic mass is 10.1. The molecule has 6 nitrogen and oxygen atoms in total. The summed E-state index contributed by atoms with van der Waals surface area (Å²) in [5.41, 5.74) is 1.10. The lowest BCUT2D eigenvalue weighted by Gasteiger charge is -2.06. The Morgan fingerprint density at radius 1 is 1.59 bits per heavy atom. The summed E-state index contributed by atoms with van der Waals surface area (Å²) in [7, 11) is -2.99. The summed E-state index contributed by atoms with van der Waals surface area (Å²) in [5, 5.41) is 9.55. The summed E-state index contributed by atoms with van der Waals surface area (Å²) in [6.07, 6.45) is 4.27. The van der Waals surface area contributed by atoms with Crippen LogP contribution in [0.5, 0.6) is 5.75 Å². The Balaban J connectivity index is 2.73. The zero-order chi connectivity index (χ0) is 12.9. The molecule has 0 saturated heterocycles. The Hall–Kier alpha value is -1.09. The summed E-state index contributed by atoms with van der Waals surface area (Å²) in [4.78, 5) is 3.77. The van der Waals surface area contributed by atoms with Gasteiger partial charge in [-0.15, -0.1) is 0 Å². The fourth-order valence-electron chi connectivity index (χ4n) is 0.995. The van der Waals surface area contributed by atoms with Crippen LogP contribution in [0.4, 0.5) is 0 Å². The van der Waals surface area contributed by atoms with Crippen molar-refractivity contribution in [1.29, 1.82) is 0 Å². The van der Waals surface area contributed by atoms with Crippen LogP contribution in [0.3, 0.4) is 0 Å². The minimum atomic E-state index is -3.98. The molecule has 8 heteroatoms. The second-order valence-electron chi connectivity index (χ2n) is 2.84. The van der Waals surface area contributed by atoms with Gasteiger partial charge in [-0.25, -0.2) is 0 Å². The van der Waals surface area contributed by atoms with E-state index in [0.717, 1.165) is 7.11 Å². The molecule has 0 amide bonds. The molecule has 0 saturated carbocycles. The Morgan fingerprint density at radius 2 is 2.29 bits per heavy atom. The van der Waals surface area contributed by atoms with Crippen LogP contribution in [0.1, 0.15) is 11.1 Å². The van der Waals surface area contributed by atoms with Crippen molar-refractivity contribution in [1.82, 2.24) is 4.98 Å². The van der Waals surface area contributed by atoms with E-state index in [1.54, 1.807) is 0 Å². The smallest absolute Gasteiger partial charge is 0.410 e. The van der Waals surface area contributed by atoms with Crippen LogP contribution in [0.2, 0.25) is 0 Å². The molecule has 0 aliphatic rings. The Morgan fingerprint density at radius 3 is 2.88 bits per heavy atom. The molecular weight excluding hydrogens is 266 g/mol. The van der Waals surface area contributed by atoms with E-state index in [2.05, 4.69) is 19.4 Å². The Kier molecular flexibility index (Phi) is 4.94. The van der Waals surface area contributed by atoms with E-state index in [-0.39, 0.29) is 11.5 Å². The maximum Gasteiger partial charge on any atom is 0.410 e. The molecule has 1 N–H and O–H groups in total. The molecule has 0 radical (unpaired) electrons. The molecule has 17 heavy (non-hydrogen) atoms. The minimum Gasteiger partial charge on any atom is -0.506 e. The summed E-state index contributed by atoms with van der Waals surface area (Å²) in [5.74, 6) is 0.0755. The molecule has 1 aromatic heterocycles. The lowest BCUT2D eigenvalue weighted by Crippen LogP contribution is -2.02. The zero-order valence-electron chi connectivity index (χ0n) is 8.99. The van der Waals surface area contributed by atoms with Crippen molar-refractivity contribution in [3.05, 3.63) is 30.1 Å². The van der Waals surface area contributed by atoms with Gasteiger partial charge in [0.15, 0.2) is 0 Å². The summed E-state index contributed by atoms with van der Waals surface area (Å²) in [6.45, 7) is 3.56. The molecule has 0 atom stereocenters. The number of aromatic nitrogens is 1. The highest BCUT2D eigenvalue weighted by molar-refractivity contribution is 8.02. The van der Waals surface area contributed by atoms with Gasteiger partial charge in [0, 0.05) is 23.8 Å². The van der Waals surface area contributed by atoms with E-state index in [4.69, 9.17) is 0 Å². The quantitative estimate of drug-likeness (QED) is 0.788. The van der Waals surface area contributed by atoms with Crippen LogP contribution < -0.4 is 0 Å². The molecule has 1 aromatic rings. The van der Waals surface area contributed by atoms with E-state index in [1.807, 2.05) is 0 Å². The largest absolute Gasteiger partial charge is 0.506 e. The van der Waals surface area contributed by atoms with Crippen LogP contribution in [-0.4, -0.2) is 25.6 Å². The second kappa shape index (κ2) is 6.01. The van der Waals surface area contributed by atoms with Crippen LogP contribution in [0.25, 0.3) is 6.08 Å². The fraction of sp³-hybridized carbons (Fsp3) is 0.222. The molecule has 94 valence electrons. The number of hydrogen-bond donors (Lipinski definition) is 1. The van der Waals surface area contributed by atoms with Gasteiger partial charge in [-0.1, -0.05) is 12.7 Å². The standard InChI is InChI=1S/C9H11NO5S2/c1-3-7-4-10-5-9(11)8(7)6-16-15-17(12,13)14-2/h3-5,11H,1,6H2,2H3. The van der Waals surface area contributed by atoms with E-state index in [0.29, 0.717) is 23.2 Å². The SMILES string of the molecule is C=Cc1cncc(O)c1CSOS(=O)(=O)OC. The van der Waals surface area contributed by atoms with Crippen molar-refractivity contribution in [3.63, 3.8) is 0 Å². The Bertz CT molecular complexity index is 500. The number of pyridine rings is 1. The summed E-state index contributed by atoms with van der Waals surface area (Å²) in [6, 6.07) is 0. The van der Waals surface area contributed by atoms with Gasteiger partial charge in [0.05, 0.1) is 19.1 Å². The van der Waals surface area contributed by atoms with Crippen molar-refractivity contribution in [2.24, 2.45) is 0 Å². The predicted molar refractivity (Wildman–Crippen MR) is 64.3 cm³/mol. The molecule has 1 heterocycles. The summed E-state index contributed by atoms with van der Waals surface area (Å²) < 4.78 is 30.3. The molecule has 0 unspecified atom stereocenters. The van der Waals surface area contributed by atoms with Gasteiger partial charge in [-0.05, 0) is 5.56 Å². The first-order valence-electron chi connectivity index (χ1n) is 4.40. The molecular formula is C9H11NO5S2. The number of nitrogens with zero attached hydrogens (tertiary/aromatic N) is 1. The van der Waals surface area contributed by atoms with E-state index >= 15 is 0 Å². The first-order chi connectivity index (χ1) is 8.00. The zero-order valence-corrected chi connectivity index (χ0v) is 10.6. The number of rotatable bonds is 6. The van der Waals surface area contributed by atoms with Crippen molar-refractivity contribution in [2.75, 3.05) is 7.11 Å². The molecule has 1 rings (SSSR count). The van der Waals surface area contributed by atoms with Gasteiger partial charge in [0.2, 0.25) is 0 Å². The van der Waals surface area contributed by atoms with E-state index in [1.165, 1.54) is 18.5 Å². The van der Waals surface area contributed by atoms with Gasteiger partial charge in [0.25, 0.3) is 0 Å². The Labute approximate surface area is 104 Å². The van der Waals surface area contributed by atoms with Crippen LogP contribution in [0, 0.1) is 0 Å². The molecule has 0 spiro atoms. The van der Waals surface area contributed by atoms with Crippen molar-refractivity contribution < 1.29 is 21.3 Å². The first-order valence-corrected chi connectivity index (χ1v) is 6.64. The number of aromatic hydroxyl groups is 1. The monoisotopic (exact) mass is 277 g/mol. The molecule has 0 bridgehead atoms. The number of hydrogen-bond acceptors (Lipinski definition) is 7. The normalized spacial score (nSPS) is 11.4. The highest BCUT2D eigenvalue weighted by atomic mass is 32.3. The predicted octanol–water partition coefficient (Wildman–Crippen LogP) is 1.49. The van der Waals surface area contributed by atoms with Crippen LogP contribution in [0.15, 0.2) is 19.0 Å². The van der Waals surface area contributed by atoms with E-state index < -0.39 is 10.4 Å². The average Bonchev–Trinajstić information content (AvgIpc) is 2.31. The molecule has 0 aromatic carbocycles. The third-order valence-electron chi connectivity index (χ3n) is 1.83. The summed E-state index contributed by atoms with van der Waals surface area (Å²) >= 11 is 0.633. The molecule has 0 aliphatic carbocycles. The van der Waals surface area contributed by atoms with Gasteiger partial charge in [-0.3, -0.25) is 9.17 Å².